The van der Waals surface area contributed by atoms with Gasteiger partial charge in [0.1, 0.15) is 0 Å². The number of aromatic nitrogens is 4. The van der Waals surface area contributed by atoms with Crippen LogP contribution < -0.4 is 0 Å². The molecule has 0 bridgehead atoms. The van der Waals surface area contributed by atoms with Gasteiger partial charge in [-0.15, -0.1) is 5.10 Å². The summed E-state index contributed by atoms with van der Waals surface area (Å²) in [6.45, 7) is 0. The molecule has 2 heterocycles. The Morgan fingerprint density at radius 1 is 1.12 bits per heavy atom. The lowest BCUT2D eigenvalue weighted by molar-refractivity contribution is 0.825. The zero-order chi connectivity index (χ0) is 11.0. The van der Waals surface area contributed by atoms with Crippen LogP contribution in [0, 0.1) is 0 Å². The number of fused-ring (bicyclic) bond motifs is 1. The maximum absolute atomic E-state index is 4.20. The van der Waals surface area contributed by atoms with Crippen molar-refractivity contribution in [2.75, 3.05) is 0 Å². The van der Waals surface area contributed by atoms with E-state index in [4.69, 9.17) is 0 Å². The summed E-state index contributed by atoms with van der Waals surface area (Å²) >= 11 is 3.36. The molecule has 0 atom stereocenters. The Kier molecular flexibility index (Phi) is 2.18. The second-order valence-corrected chi connectivity index (χ2v) is 4.27. The molecule has 0 saturated carbocycles. The molecular formula is C11H7BrN4. The molecule has 2 aromatic heterocycles. The van der Waals surface area contributed by atoms with Crippen LogP contribution >= 0.6 is 15.9 Å². The summed E-state index contributed by atoms with van der Waals surface area (Å²) in [4.78, 5) is 0. The van der Waals surface area contributed by atoms with Gasteiger partial charge in [-0.05, 0) is 15.9 Å². The van der Waals surface area contributed by atoms with E-state index in [1.54, 1.807) is 17.1 Å². The molecule has 4 nitrogen and oxygen atoms in total. The van der Waals surface area contributed by atoms with Crippen LogP contribution in [0.1, 0.15) is 0 Å². The molecule has 3 rings (SSSR count). The lowest BCUT2D eigenvalue weighted by atomic mass is 10.2. The van der Waals surface area contributed by atoms with Gasteiger partial charge >= 0.3 is 0 Å². The summed E-state index contributed by atoms with van der Waals surface area (Å²) in [5.41, 5.74) is 0. The van der Waals surface area contributed by atoms with Gasteiger partial charge in [-0.3, -0.25) is 0 Å². The van der Waals surface area contributed by atoms with E-state index in [2.05, 4.69) is 31.2 Å². The van der Waals surface area contributed by atoms with Crippen molar-refractivity contribution in [1.29, 1.82) is 0 Å². The fraction of sp³-hybridized carbons (Fsp3) is 0. The van der Waals surface area contributed by atoms with E-state index < -0.39 is 0 Å². The molecule has 0 N–H and O–H groups in total. The predicted octanol–water partition coefficient (Wildman–Crippen LogP) is 2.58. The lowest BCUT2D eigenvalue weighted by Crippen LogP contribution is -2.00. The highest BCUT2D eigenvalue weighted by Gasteiger charge is 2.05. The van der Waals surface area contributed by atoms with E-state index in [1.165, 1.54) is 0 Å². The molecule has 0 aliphatic rings. The summed E-state index contributed by atoms with van der Waals surface area (Å²) in [5.74, 6) is 0.740. The quantitative estimate of drug-likeness (QED) is 0.685. The summed E-state index contributed by atoms with van der Waals surface area (Å²) in [6, 6.07) is 7.97. The van der Waals surface area contributed by atoms with Gasteiger partial charge in [-0.2, -0.15) is 10.2 Å². The molecule has 0 spiro atoms. The maximum atomic E-state index is 4.20. The Hall–Kier alpha value is -1.75. The van der Waals surface area contributed by atoms with E-state index in [-0.39, 0.29) is 0 Å². The van der Waals surface area contributed by atoms with E-state index in [0.29, 0.717) is 0 Å². The van der Waals surface area contributed by atoms with Crippen LogP contribution in [0.3, 0.4) is 0 Å². The van der Waals surface area contributed by atoms with Crippen LogP contribution in [0.5, 0.6) is 0 Å². The number of hydrogen-bond donors (Lipinski definition) is 0. The molecule has 5 heteroatoms. The van der Waals surface area contributed by atoms with Crippen LogP contribution in [0.25, 0.3) is 16.6 Å². The van der Waals surface area contributed by atoms with Crippen molar-refractivity contribution in [3.05, 3.63) is 47.3 Å². The summed E-state index contributed by atoms with van der Waals surface area (Å²) < 4.78 is 2.63. The number of rotatable bonds is 1. The molecule has 0 radical (unpaired) electrons. The van der Waals surface area contributed by atoms with E-state index in [9.17, 15) is 0 Å². The molecule has 0 unspecified atom stereocenters. The minimum absolute atomic E-state index is 0.740. The number of hydrogen-bond acceptors (Lipinski definition) is 3. The summed E-state index contributed by atoms with van der Waals surface area (Å²) in [7, 11) is 0. The topological polar surface area (TPSA) is 43.6 Å². The average molecular weight is 275 g/mol. The molecule has 3 aromatic rings. The van der Waals surface area contributed by atoms with Crippen molar-refractivity contribution in [3.63, 3.8) is 0 Å². The van der Waals surface area contributed by atoms with Crippen molar-refractivity contribution in [1.82, 2.24) is 20.0 Å². The Morgan fingerprint density at radius 3 is 2.81 bits per heavy atom. The minimum Gasteiger partial charge on any atom is -0.219 e. The van der Waals surface area contributed by atoms with Gasteiger partial charge in [0.05, 0.1) is 16.9 Å². The summed E-state index contributed by atoms with van der Waals surface area (Å²) in [5, 5.41) is 14.4. The van der Waals surface area contributed by atoms with Crippen LogP contribution in [-0.4, -0.2) is 20.0 Å². The smallest absolute Gasteiger partial charge is 0.183 e. The van der Waals surface area contributed by atoms with Gasteiger partial charge in [-0.25, -0.2) is 4.68 Å². The largest absolute Gasteiger partial charge is 0.219 e. The number of halogens is 1. The third kappa shape index (κ3) is 1.49. The minimum atomic E-state index is 0.740. The molecule has 16 heavy (non-hydrogen) atoms. The van der Waals surface area contributed by atoms with Gasteiger partial charge in [0.2, 0.25) is 0 Å². The highest BCUT2D eigenvalue weighted by molar-refractivity contribution is 9.10. The van der Waals surface area contributed by atoms with Gasteiger partial charge in [0.15, 0.2) is 5.82 Å². The molecule has 0 saturated heterocycles. The highest BCUT2D eigenvalue weighted by Crippen LogP contribution is 2.19. The standard InChI is InChI=1S/C11H7BrN4/c12-9-6-14-16(7-9)11-10-4-2-1-3-8(10)5-13-15-11/h1-7H. The SMILES string of the molecule is Brc1cnn(-c2nncc3ccccc23)c1. The predicted molar refractivity (Wildman–Crippen MR) is 64.4 cm³/mol. The fourth-order valence-electron chi connectivity index (χ4n) is 1.60. The van der Waals surface area contributed by atoms with Crippen molar-refractivity contribution in [3.8, 4) is 5.82 Å². The summed E-state index contributed by atoms with van der Waals surface area (Å²) in [6.07, 6.45) is 5.33. The van der Waals surface area contributed by atoms with Crippen molar-refractivity contribution in [2.24, 2.45) is 0 Å². The zero-order valence-electron chi connectivity index (χ0n) is 8.21. The first-order chi connectivity index (χ1) is 7.84. The molecule has 0 amide bonds. The molecule has 0 fully saturated rings. The Labute approximate surface area is 100 Å². The monoisotopic (exact) mass is 274 g/mol. The van der Waals surface area contributed by atoms with Crippen LogP contribution in [0.4, 0.5) is 0 Å². The Morgan fingerprint density at radius 2 is 2.00 bits per heavy atom. The number of benzene rings is 1. The Bertz CT molecular complexity index is 642. The lowest BCUT2D eigenvalue weighted by Gasteiger charge is -2.03. The van der Waals surface area contributed by atoms with Crippen LogP contribution in [0.15, 0.2) is 47.3 Å². The maximum Gasteiger partial charge on any atom is 0.183 e. The van der Waals surface area contributed by atoms with Gasteiger partial charge in [-0.1, -0.05) is 24.3 Å². The molecular weight excluding hydrogens is 268 g/mol. The first-order valence-electron chi connectivity index (χ1n) is 4.75. The van der Waals surface area contributed by atoms with Crippen molar-refractivity contribution >= 4 is 26.7 Å². The van der Waals surface area contributed by atoms with E-state index in [1.807, 2.05) is 30.5 Å². The third-order valence-electron chi connectivity index (χ3n) is 2.32. The van der Waals surface area contributed by atoms with E-state index >= 15 is 0 Å². The van der Waals surface area contributed by atoms with Gasteiger partial charge in [0, 0.05) is 17.0 Å². The Balaban J connectivity index is 2.31. The van der Waals surface area contributed by atoms with Crippen molar-refractivity contribution < 1.29 is 0 Å². The highest BCUT2D eigenvalue weighted by atomic mass is 79.9. The first-order valence-corrected chi connectivity index (χ1v) is 5.55. The third-order valence-corrected chi connectivity index (χ3v) is 2.73. The number of nitrogens with zero attached hydrogens (tertiary/aromatic N) is 4. The molecule has 0 aliphatic carbocycles. The van der Waals surface area contributed by atoms with Crippen molar-refractivity contribution in [2.45, 2.75) is 0 Å². The second-order valence-electron chi connectivity index (χ2n) is 3.36. The van der Waals surface area contributed by atoms with E-state index in [0.717, 1.165) is 21.1 Å². The normalized spacial score (nSPS) is 10.8. The zero-order valence-corrected chi connectivity index (χ0v) is 9.79. The molecule has 0 aliphatic heterocycles. The van der Waals surface area contributed by atoms with Gasteiger partial charge in [0.25, 0.3) is 0 Å². The van der Waals surface area contributed by atoms with Gasteiger partial charge < -0.3 is 0 Å². The molecule has 78 valence electrons. The van der Waals surface area contributed by atoms with Crippen LogP contribution in [-0.2, 0) is 0 Å². The average Bonchev–Trinajstić information content (AvgIpc) is 2.75. The molecule has 1 aromatic carbocycles. The first kappa shape index (κ1) is 9.47. The second kappa shape index (κ2) is 3.68. The van der Waals surface area contributed by atoms with Crippen LogP contribution in [0.2, 0.25) is 0 Å². The fourth-order valence-corrected chi connectivity index (χ4v) is 1.88.